The van der Waals surface area contributed by atoms with E-state index in [2.05, 4.69) is 0 Å². The third-order valence-corrected chi connectivity index (χ3v) is 3.09. The van der Waals surface area contributed by atoms with Crippen molar-refractivity contribution in [3.63, 3.8) is 0 Å². The summed E-state index contributed by atoms with van der Waals surface area (Å²) >= 11 is 0. The minimum atomic E-state index is -0.399. The third-order valence-electron chi connectivity index (χ3n) is 3.09. The summed E-state index contributed by atoms with van der Waals surface area (Å²) in [5, 5.41) is 18.5. The van der Waals surface area contributed by atoms with Crippen LogP contribution < -0.4 is 0 Å². The highest BCUT2D eigenvalue weighted by molar-refractivity contribution is 5.13. The molecular formula is C15H24O3. The number of benzene rings is 1. The Morgan fingerprint density at radius 2 is 1.89 bits per heavy atom. The fourth-order valence-corrected chi connectivity index (χ4v) is 1.73. The minimum Gasteiger partial charge on any atom is -0.396 e. The van der Waals surface area contributed by atoms with Gasteiger partial charge in [-0.05, 0) is 24.8 Å². The first-order valence-corrected chi connectivity index (χ1v) is 6.64. The number of rotatable bonds is 9. The van der Waals surface area contributed by atoms with Crippen LogP contribution in [0.5, 0.6) is 0 Å². The summed E-state index contributed by atoms with van der Waals surface area (Å²) in [7, 11) is 0. The van der Waals surface area contributed by atoms with Crippen LogP contribution >= 0.6 is 0 Å². The Kier molecular flexibility index (Phi) is 7.65. The van der Waals surface area contributed by atoms with Crippen molar-refractivity contribution in [1.82, 2.24) is 0 Å². The lowest BCUT2D eigenvalue weighted by Gasteiger charge is -2.15. The number of aliphatic hydroxyl groups is 2. The first-order chi connectivity index (χ1) is 8.74. The summed E-state index contributed by atoms with van der Waals surface area (Å²) < 4.78 is 5.56. The zero-order valence-electron chi connectivity index (χ0n) is 11.1. The number of ether oxygens (including phenoxy) is 1. The predicted molar refractivity (Wildman–Crippen MR) is 72.2 cm³/mol. The van der Waals surface area contributed by atoms with Crippen LogP contribution in [-0.2, 0) is 11.3 Å². The summed E-state index contributed by atoms with van der Waals surface area (Å²) in [6.07, 6.45) is 2.21. The smallest absolute Gasteiger partial charge is 0.0716 e. The molecule has 0 radical (unpaired) electrons. The van der Waals surface area contributed by atoms with Crippen LogP contribution in [0.1, 0.15) is 31.7 Å². The normalized spacial score (nSPS) is 14.4. The topological polar surface area (TPSA) is 49.7 Å². The number of aliphatic hydroxyl groups excluding tert-OH is 2. The SMILES string of the molecule is C[C@@H](CO)[C@@H](O)CCCCOCc1ccccc1. The summed E-state index contributed by atoms with van der Waals surface area (Å²) in [5.74, 6) is -0.0322. The Hall–Kier alpha value is -0.900. The van der Waals surface area contributed by atoms with Crippen molar-refractivity contribution in [3.8, 4) is 0 Å². The zero-order valence-corrected chi connectivity index (χ0v) is 11.1. The second-order valence-electron chi connectivity index (χ2n) is 4.76. The van der Waals surface area contributed by atoms with E-state index in [9.17, 15) is 5.11 Å². The maximum atomic E-state index is 9.65. The van der Waals surface area contributed by atoms with Crippen molar-refractivity contribution in [1.29, 1.82) is 0 Å². The monoisotopic (exact) mass is 252 g/mol. The fourth-order valence-electron chi connectivity index (χ4n) is 1.73. The van der Waals surface area contributed by atoms with E-state index in [4.69, 9.17) is 9.84 Å². The van der Waals surface area contributed by atoms with Crippen molar-refractivity contribution >= 4 is 0 Å². The Bertz CT molecular complexity index is 300. The van der Waals surface area contributed by atoms with E-state index in [1.807, 2.05) is 37.3 Å². The van der Waals surface area contributed by atoms with Gasteiger partial charge in [-0.15, -0.1) is 0 Å². The van der Waals surface area contributed by atoms with Gasteiger partial charge in [-0.1, -0.05) is 37.3 Å². The van der Waals surface area contributed by atoms with Gasteiger partial charge in [-0.25, -0.2) is 0 Å². The van der Waals surface area contributed by atoms with E-state index < -0.39 is 6.10 Å². The molecule has 0 aromatic heterocycles. The van der Waals surface area contributed by atoms with Gasteiger partial charge in [-0.2, -0.15) is 0 Å². The molecule has 2 N–H and O–H groups in total. The number of unbranched alkanes of at least 4 members (excludes halogenated alkanes) is 1. The molecule has 1 aromatic rings. The van der Waals surface area contributed by atoms with Crippen molar-refractivity contribution in [2.75, 3.05) is 13.2 Å². The van der Waals surface area contributed by atoms with Crippen LogP contribution in [0, 0.1) is 5.92 Å². The number of hydrogen-bond donors (Lipinski definition) is 2. The van der Waals surface area contributed by atoms with E-state index in [0.717, 1.165) is 25.9 Å². The molecule has 2 atom stereocenters. The molecule has 1 aromatic carbocycles. The van der Waals surface area contributed by atoms with E-state index in [-0.39, 0.29) is 12.5 Å². The molecule has 0 amide bonds. The molecule has 102 valence electrons. The van der Waals surface area contributed by atoms with Crippen molar-refractivity contribution in [2.45, 2.75) is 38.9 Å². The molecule has 0 fully saturated rings. The molecule has 0 saturated carbocycles. The van der Waals surface area contributed by atoms with E-state index in [0.29, 0.717) is 6.61 Å². The molecule has 0 aliphatic heterocycles. The van der Waals surface area contributed by atoms with Crippen LogP contribution in [-0.4, -0.2) is 29.5 Å². The summed E-state index contributed by atoms with van der Waals surface area (Å²) in [6, 6.07) is 10.1. The van der Waals surface area contributed by atoms with E-state index in [1.54, 1.807) is 0 Å². The average molecular weight is 252 g/mol. The van der Waals surface area contributed by atoms with Gasteiger partial charge in [0.2, 0.25) is 0 Å². The zero-order chi connectivity index (χ0) is 13.2. The molecule has 0 saturated heterocycles. The second-order valence-corrected chi connectivity index (χ2v) is 4.76. The fraction of sp³-hybridized carbons (Fsp3) is 0.600. The molecule has 0 aliphatic rings. The van der Waals surface area contributed by atoms with Crippen molar-refractivity contribution in [3.05, 3.63) is 35.9 Å². The van der Waals surface area contributed by atoms with Crippen LogP contribution in [0.25, 0.3) is 0 Å². The highest BCUT2D eigenvalue weighted by atomic mass is 16.5. The first-order valence-electron chi connectivity index (χ1n) is 6.64. The molecule has 0 heterocycles. The van der Waals surface area contributed by atoms with Crippen molar-refractivity contribution < 1.29 is 14.9 Å². The summed E-state index contributed by atoms with van der Waals surface area (Å²) in [4.78, 5) is 0. The van der Waals surface area contributed by atoms with Gasteiger partial charge >= 0.3 is 0 Å². The lowest BCUT2D eigenvalue weighted by molar-refractivity contribution is 0.0636. The van der Waals surface area contributed by atoms with Gasteiger partial charge in [-0.3, -0.25) is 0 Å². The Morgan fingerprint density at radius 3 is 2.56 bits per heavy atom. The van der Waals surface area contributed by atoms with Gasteiger partial charge in [0.15, 0.2) is 0 Å². The quantitative estimate of drug-likeness (QED) is 0.663. The Balaban J connectivity index is 1.99. The molecular weight excluding hydrogens is 228 g/mol. The van der Waals surface area contributed by atoms with E-state index >= 15 is 0 Å². The van der Waals surface area contributed by atoms with Crippen molar-refractivity contribution in [2.24, 2.45) is 5.92 Å². The summed E-state index contributed by atoms with van der Waals surface area (Å²) in [5.41, 5.74) is 1.19. The molecule has 1 rings (SSSR count). The number of hydrogen-bond acceptors (Lipinski definition) is 3. The minimum absolute atomic E-state index is 0.0322. The second kappa shape index (κ2) is 9.09. The van der Waals surface area contributed by atoms with Crippen LogP contribution in [0.15, 0.2) is 30.3 Å². The standard InChI is InChI=1S/C15H24O3/c1-13(11-16)15(17)9-5-6-10-18-12-14-7-3-2-4-8-14/h2-4,7-8,13,15-17H,5-6,9-12H2,1H3/t13-,15-/m0/s1. The van der Waals surface area contributed by atoms with Gasteiger partial charge in [0.05, 0.1) is 12.7 Å². The van der Waals surface area contributed by atoms with Crippen LogP contribution in [0.4, 0.5) is 0 Å². The molecule has 0 unspecified atom stereocenters. The van der Waals surface area contributed by atoms with Crippen LogP contribution in [0.3, 0.4) is 0 Å². The van der Waals surface area contributed by atoms with Gasteiger partial charge in [0.1, 0.15) is 0 Å². The predicted octanol–water partition coefficient (Wildman–Crippen LogP) is 2.36. The highest BCUT2D eigenvalue weighted by Crippen LogP contribution is 2.10. The molecule has 0 aliphatic carbocycles. The highest BCUT2D eigenvalue weighted by Gasteiger charge is 2.11. The maximum absolute atomic E-state index is 9.65. The molecule has 0 bridgehead atoms. The molecule has 3 heteroatoms. The summed E-state index contributed by atoms with van der Waals surface area (Å²) in [6.45, 7) is 3.27. The molecule has 18 heavy (non-hydrogen) atoms. The van der Waals surface area contributed by atoms with E-state index in [1.165, 1.54) is 5.56 Å². The first kappa shape index (κ1) is 15.2. The Labute approximate surface area is 109 Å². The maximum Gasteiger partial charge on any atom is 0.0716 e. The van der Waals surface area contributed by atoms with Gasteiger partial charge < -0.3 is 14.9 Å². The lowest BCUT2D eigenvalue weighted by atomic mass is 10.0. The van der Waals surface area contributed by atoms with Gasteiger partial charge in [0, 0.05) is 19.1 Å². The lowest BCUT2D eigenvalue weighted by Crippen LogP contribution is -2.20. The van der Waals surface area contributed by atoms with Gasteiger partial charge in [0.25, 0.3) is 0 Å². The Morgan fingerprint density at radius 1 is 1.17 bits per heavy atom. The largest absolute Gasteiger partial charge is 0.396 e. The average Bonchev–Trinajstić information content (AvgIpc) is 2.42. The third kappa shape index (κ3) is 6.15. The van der Waals surface area contributed by atoms with Crippen LogP contribution in [0.2, 0.25) is 0 Å². The molecule has 0 spiro atoms. The molecule has 3 nitrogen and oxygen atoms in total.